The summed E-state index contributed by atoms with van der Waals surface area (Å²) in [5.41, 5.74) is 0. The zero-order chi connectivity index (χ0) is 23.4. The van der Waals surface area contributed by atoms with Crippen LogP contribution in [0.15, 0.2) is 0 Å². The fraction of sp³-hybridized carbons (Fsp3) is 0.969. The van der Waals surface area contributed by atoms with Crippen molar-refractivity contribution in [2.24, 2.45) is 5.92 Å². The van der Waals surface area contributed by atoms with Crippen LogP contribution in [0.3, 0.4) is 0 Å². The van der Waals surface area contributed by atoms with Gasteiger partial charge in [-0.1, -0.05) is 201 Å². The van der Waals surface area contributed by atoms with Gasteiger partial charge in [0.2, 0.25) is 0 Å². The van der Waals surface area contributed by atoms with Crippen molar-refractivity contribution in [3.63, 3.8) is 0 Å². The Hall–Kier alpha value is 0. The van der Waals surface area contributed by atoms with Crippen LogP contribution < -0.4 is 0 Å². The Morgan fingerprint density at radius 1 is 0.344 bits per heavy atom. The molecule has 0 rings (SSSR count). The van der Waals surface area contributed by atoms with Crippen molar-refractivity contribution >= 4 is 0 Å². The van der Waals surface area contributed by atoms with E-state index < -0.39 is 0 Å². The SMILES string of the molecule is [CH2]CCC(CCCC)CCCCCCCCCCCCCCCCCCCCCCCC. The molecular weight excluding hydrogens is 384 g/mol. The molecule has 0 nitrogen and oxygen atoms in total. The summed E-state index contributed by atoms with van der Waals surface area (Å²) in [5, 5.41) is 0. The monoisotopic (exact) mass is 450 g/mol. The van der Waals surface area contributed by atoms with Crippen LogP contribution in [0.5, 0.6) is 0 Å². The van der Waals surface area contributed by atoms with Crippen LogP contribution >= 0.6 is 0 Å². The average Bonchev–Trinajstić information content (AvgIpc) is 2.80. The van der Waals surface area contributed by atoms with Gasteiger partial charge in [-0.3, -0.25) is 0 Å². The minimum absolute atomic E-state index is 0.970. The summed E-state index contributed by atoms with van der Waals surface area (Å²) >= 11 is 0. The molecule has 0 N–H and O–H groups in total. The van der Waals surface area contributed by atoms with Gasteiger partial charge in [-0.25, -0.2) is 0 Å². The highest BCUT2D eigenvalue weighted by atomic mass is 14.1. The Bertz CT molecular complexity index is 307. The Labute approximate surface area is 206 Å². The van der Waals surface area contributed by atoms with Crippen molar-refractivity contribution in [1.29, 1.82) is 0 Å². The van der Waals surface area contributed by atoms with E-state index in [1.54, 1.807) is 0 Å². The molecule has 0 aromatic carbocycles. The van der Waals surface area contributed by atoms with Gasteiger partial charge in [-0.05, 0) is 5.92 Å². The molecule has 0 aliphatic rings. The molecule has 1 unspecified atom stereocenters. The molecule has 0 amide bonds. The summed E-state index contributed by atoms with van der Waals surface area (Å²) in [6.45, 7) is 8.70. The van der Waals surface area contributed by atoms with Gasteiger partial charge in [0, 0.05) is 0 Å². The summed E-state index contributed by atoms with van der Waals surface area (Å²) in [6.07, 6.45) is 40.7. The Morgan fingerprint density at radius 3 is 0.938 bits per heavy atom. The van der Waals surface area contributed by atoms with Crippen LogP contribution in [-0.4, -0.2) is 0 Å². The normalized spacial score (nSPS) is 12.5. The predicted molar refractivity (Wildman–Crippen MR) is 149 cm³/mol. The molecule has 0 spiro atoms. The number of hydrogen-bond acceptors (Lipinski definition) is 0. The molecule has 0 saturated heterocycles. The second-order valence-corrected chi connectivity index (χ2v) is 10.9. The van der Waals surface area contributed by atoms with Gasteiger partial charge in [0.05, 0.1) is 0 Å². The van der Waals surface area contributed by atoms with Gasteiger partial charge < -0.3 is 0 Å². The third-order valence-corrected chi connectivity index (χ3v) is 7.54. The third kappa shape index (κ3) is 26.3. The number of unbranched alkanes of at least 4 members (excludes halogenated alkanes) is 22. The fourth-order valence-electron chi connectivity index (χ4n) is 5.26. The molecule has 0 saturated carbocycles. The van der Waals surface area contributed by atoms with Crippen molar-refractivity contribution in [3.8, 4) is 0 Å². The Morgan fingerprint density at radius 2 is 0.625 bits per heavy atom. The maximum atomic E-state index is 4.07. The summed E-state index contributed by atoms with van der Waals surface area (Å²) in [4.78, 5) is 0. The molecule has 0 aromatic rings. The molecule has 32 heavy (non-hydrogen) atoms. The quantitative estimate of drug-likeness (QED) is 0.104. The third-order valence-electron chi connectivity index (χ3n) is 7.54. The standard InChI is InChI=1S/C32H65/c1-4-7-9-10-11-12-13-14-15-16-17-18-19-20-21-22-23-24-25-26-27-28-31-32(29-6-3)30-8-5-2/h32H,3-31H2,1-2H3. The molecule has 0 fully saturated rings. The molecule has 1 atom stereocenters. The summed E-state index contributed by atoms with van der Waals surface area (Å²) < 4.78 is 0. The molecule has 0 bridgehead atoms. The second kappa shape index (κ2) is 29.0. The largest absolute Gasteiger partial charge is 0.0654 e. The Balaban J connectivity index is 3.14. The van der Waals surface area contributed by atoms with E-state index in [0.717, 1.165) is 12.3 Å². The molecular formula is C32H65. The van der Waals surface area contributed by atoms with Crippen LogP contribution in [0.4, 0.5) is 0 Å². The smallest absolute Gasteiger partial charge is 0.0414 e. The highest BCUT2D eigenvalue weighted by Gasteiger charge is 2.06. The van der Waals surface area contributed by atoms with Gasteiger partial charge in [0.1, 0.15) is 0 Å². The first-order valence-electron chi connectivity index (χ1n) is 15.6. The first kappa shape index (κ1) is 32.0. The van der Waals surface area contributed by atoms with Gasteiger partial charge in [0.15, 0.2) is 0 Å². The number of hydrogen-bond donors (Lipinski definition) is 0. The van der Waals surface area contributed by atoms with E-state index >= 15 is 0 Å². The molecule has 0 heterocycles. The highest BCUT2D eigenvalue weighted by Crippen LogP contribution is 2.22. The first-order valence-corrected chi connectivity index (χ1v) is 15.6. The molecule has 0 aliphatic heterocycles. The fourth-order valence-corrected chi connectivity index (χ4v) is 5.26. The van der Waals surface area contributed by atoms with Gasteiger partial charge in [0.25, 0.3) is 0 Å². The summed E-state index contributed by atoms with van der Waals surface area (Å²) in [5.74, 6) is 0.970. The second-order valence-electron chi connectivity index (χ2n) is 10.9. The van der Waals surface area contributed by atoms with E-state index in [2.05, 4.69) is 20.8 Å². The maximum Gasteiger partial charge on any atom is -0.0414 e. The molecule has 0 aliphatic carbocycles. The Kier molecular flexibility index (Phi) is 29.0. The van der Waals surface area contributed by atoms with E-state index in [0.29, 0.717) is 0 Å². The molecule has 0 aromatic heterocycles. The van der Waals surface area contributed by atoms with Gasteiger partial charge >= 0.3 is 0 Å². The molecule has 0 heteroatoms. The van der Waals surface area contributed by atoms with Crippen LogP contribution in [0.2, 0.25) is 0 Å². The van der Waals surface area contributed by atoms with E-state index in [1.807, 2.05) is 0 Å². The summed E-state index contributed by atoms with van der Waals surface area (Å²) in [7, 11) is 0. The van der Waals surface area contributed by atoms with Crippen molar-refractivity contribution in [1.82, 2.24) is 0 Å². The summed E-state index contributed by atoms with van der Waals surface area (Å²) in [6, 6.07) is 0. The topological polar surface area (TPSA) is 0 Å². The molecule has 193 valence electrons. The van der Waals surface area contributed by atoms with E-state index in [1.165, 1.54) is 173 Å². The highest BCUT2D eigenvalue weighted by molar-refractivity contribution is 4.61. The lowest BCUT2D eigenvalue weighted by Gasteiger charge is -2.15. The van der Waals surface area contributed by atoms with E-state index in [-0.39, 0.29) is 0 Å². The maximum absolute atomic E-state index is 4.07. The van der Waals surface area contributed by atoms with Gasteiger partial charge in [-0.15, -0.1) is 0 Å². The zero-order valence-electron chi connectivity index (χ0n) is 23.1. The van der Waals surface area contributed by atoms with Crippen LogP contribution in [0.25, 0.3) is 0 Å². The van der Waals surface area contributed by atoms with Crippen molar-refractivity contribution in [3.05, 3.63) is 6.92 Å². The van der Waals surface area contributed by atoms with Crippen molar-refractivity contribution in [2.45, 2.75) is 194 Å². The van der Waals surface area contributed by atoms with Gasteiger partial charge in [-0.2, -0.15) is 0 Å². The lowest BCUT2D eigenvalue weighted by Crippen LogP contribution is -2.00. The first-order chi connectivity index (χ1) is 15.8. The van der Waals surface area contributed by atoms with Crippen LogP contribution in [-0.2, 0) is 0 Å². The van der Waals surface area contributed by atoms with Crippen LogP contribution in [0, 0.1) is 12.8 Å². The zero-order valence-corrected chi connectivity index (χ0v) is 23.1. The number of rotatable bonds is 28. The minimum atomic E-state index is 0.970. The lowest BCUT2D eigenvalue weighted by molar-refractivity contribution is 0.388. The van der Waals surface area contributed by atoms with E-state index in [4.69, 9.17) is 0 Å². The van der Waals surface area contributed by atoms with Crippen molar-refractivity contribution in [2.75, 3.05) is 0 Å². The average molecular weight is 450 g/mol. The van der Waals surface area contributed by atoms with Crippen molar-refractivity contribution < 1.29 is 0 Å². The molecule has 1 radical (unpaired) electrons. The predicted octanol–water partition coefficient (Wildman–Crippen LogP) is 12.4. The van der Waals surface area contributed by atoms with E-state index in [9.17, 15) is 0 Å². The minimum Gasteiger partial charge on any atom is -0.0654 e. The lowest BCUT2D eigenvalue weighted by atomic mass is 9.91. The van der Waals surface area contributed by atoms with Crippen LogP contribution in [0.1, 0.15) is 194 Å².